The molecule has 27 heavy (non-hydrogen) atoms. The number of carbonyl (C=O) groups excluding carboxylic acids is 2. The Kier molecular flexibility index (Phi) is 5.81. The highest BCUT2D eigenvalue weighted by Crippen LogP contribution is 2.21. The number of aromatic nitrogens is 1. The van der Waals surface area contributed by atoms with E-state index in [4.69, 9.17) is 11.6 Å². The van der Waals surface area contributed by atoms with E-state index in [1.807, 2.05) is 24.3 Å². The SMILES string of the molecule is CC(C)Cn1ccc2cc(NC(=O)CNC(=O)c3cccc(Cl)c3)ccc21. The number of benzene rings is 2. The number of hydrogen-bond donors (Lipinski definition) is 2. The standard InChI is InChI=1S/C21H22ClN3O2/c1-14(2)13-25-9-8-15-11-18(6-7-19(15)25)24-20(26)12-23-21(27)16-4-3-5-17(22)10-16/h3-11,14H,12-13H2,1-2H3,(H,23,27)(H,24,26). The molecule has 2 N–H and O–H groups in total. The van der Waals surface area contributed by atoms with E-state index in [0.717, 1.165) is 17.4 Å². The summed E-state index contributed by atoms with van der Waals surface area (Å²) in [6.45, 7) is 5.19. The zero-order valence-electron chi connectivity index (χ0n) is 15.3. The lowest BCUT2D eigenvalue weighted by molar-refractivity contribution is -0.115. The normalized spacial score (nSPS) is 11.0. The van der Waals surface area contributed by atoms with Crippen LogP contribution in [0.4, 0.5) is 5.69 Å². The van der Waals surface area contributed by atoms with Crippen LogP contribution < -0.4 is 10.6 Å². The second-order valence-corrected chi connectivity index (χ2v) is 7.31. The van der Waals surface area contributed by atoms with E-state index in [-0.39, 0.29) is 18.4 Å². The molecule has 1 heterocycles. The minimum Gasteiger partial charge on any atom is -0.347 e. The Hall–Kier alpha value is -2.79. The summed E-state index contributed by atoms with van der Waals surface area (Å²) in [4.78, 5) is 24.2. The summed E-state index contributed by atoms with van der Waals surface area (Å²) < 4.78 is 2.21. The lowest BCUT2D eigenvalue weighted by atomic mass is 10.2. The molecule has 0 aliphatic rings. The van der Waals surface area contributed by atoms with Gasteiger partial charge in [0.2, 0.25) is 5.91 Å². The van der Waals surface area contributed by atoms with Crippen LogP contribution in [0.15, 0.2) is 54.7 Å². The van der Waals surface area contributed by atoms with Crippen molar-refractivity contribution in [3.05, 3.63) is 65.3 Å². The van der Waals surface area contributed by atoms with Gasteiger partial charge in [0, 0.05) is 39.9 Å². The number of carbonyl (C=O) groups is 2. The molecular formula is C21H22ClN3O2. The Labute approximate surface area is 163 Å². The van der Waals surface area contributed by atoms with Gasteiger partial charge in [0.25, 0.3) is 5.91 Å². The molecule has 0 aliphatic carbocycles. The maximum atomic E-state index is 12.1. The van der Waals surface area contributed by atoms with Gasteiger partial charge < -0.3 is 15.2 Å². The average molecular weight is 384 g/mol. The molecule has 0 radical (unpaired) electrons. The van der Waals surface area contributed by atoms with Crippen molar-refractivity contribution < 1.29 is 9.59 Å². The van der Waals surface area contributed by atoms with Crippen molar-refractivity contribution in [1.82, 2.24) is 9.88 Å². The summed E-state index contributed by atoms with van der Waals surface area (Å²) in [7, 11) is 0. The summed E-state index contributed by atoms with van der Waals surface area (Å²) in [5.74, 6) is -0.0664. The van der Waals surface area contributed by atoms with Crippen LogP contribution in [0, 0.1) is 5.92 Å². The van der Waals surface area contributed by atoms with Crippen LogP contribution in [0.1, 0.15) is 24.2 Å². The number of amides is 2. The van der Waals surface area contributed by atoms with E-state index in [1.54, 1.807) is 24.3 Å². The highest BCUT2D eigenvalue weighted by molar-refractivity contribution is 6.31. The van der Waals surface area contributed by atoms with Gasteiger partial charge >= 0.3 is 0 Å². The van der Waals surface area contributed by atoms with Crippen molar-refractivity contribution >= 4 is 40.0 Å². The summed E-state index contributed by atoms with van der Waals surface area (Å²) >= 11 is 5.88. The zero-order chi connectivity index (χ0) is 19.4. The molecular weight excluding hydrogens is 362 g/mol. The number of halogens is 1. The molecule has 3 aromatic rings. The van der Waals surface area contributed by atoms with Crippen molar-refractivity contribution in [2.45, 2.75) is 20.4 Å². The third-order valence-electron chi connectivity index (χ3n) is 4.11. The van der Waals surface area contributed by atoms with Crippen LogP contribution in [-0.2, 0) is 11.3 Å². The summed E-state index contributed by atoms with van der Waals surface area (Å²) in [6, 6.07) is 14.4. The second-order valence-electron chi connectivity index (χ2n) is 6.88. The molecule has 0 fully saturated rings. The molecule has 5 nitrogen and oxygen atoms in total. The largest absolute Gasteiger partial charge is 0.347 e. The fraction of sp³-hybridized carbons (Fsp3) is 0.238. The minimum absolute atomic E-state index is 0.113. The van der Waals surface area contributed by atoms with Gasteiger partial charge in [-0.3, -0.25) is 9.59 Å². The van der Waals surface area contributed by atoms with Crippen LogP contribution in [0.5, 0.6) is 0 Å². The first-order valence-corrected chi connectivity index (χ1v) is 9.22. The Morgan fingerprint density at radius 2 is 1.93 bits per heavy atom. The molecule has 3 rings (SSSR count). The fourth-order valence-corrected chi connectivity index (χ4v) is 3.12. The van der Waals surface area contributed by atoms with Crippen molar-refractivity contribution in [3.8, 4) is 0 Å². The van der Waals surface area contributed by atoms with Crippen molar-refractivity contribution in [1.29, 1.82) is 0 Å². The molecule has 0 saturated heterocycles. The zero-order valence-corrected chi connectivity index (χ0v) is 16.1. The van der Waals surface area contributed by atoms with Crippen LogP contribution in [-0.4, -0.2) is 22.9 Å². The molecule has 0 saturated carbocycles. The number of nitrogens with one attached hydrogen (secondary N) is 2. The van der Waals surface area contributed by atoms with Crippen molar-refractivity contribution in [3.63, 3.8) is 0 Å². The first-order valence-electron chi connectivity index (χ1n) is 8.85. The monoisotopic (exact) mass is 383 g/mol. The molecule has 0 spiro atoms. The summed E-state index contributed by atoms with van der Waals surface area (Å²) in [6.07, 6.45) is 2.06. The van der Waals surface area contributed by atoms with E-state index in [9.17, 15) is 9.59 Å². The van der Waals surface area contributed by atoms with Gasteiger partial charge in [0.05, 0.1) is 6.54 Å². The Morgan fingerprint density at radius 1 is 1.11 bits per heavy atom. The lowest BCUT2D eigenvalue weighted by Crippen LogP contribution is -2.32. The number of hydrogen-bond acceptors (Lipinski definition) is 2. The van der Waals surface area contributed by atoms with E-state index in [2.05, 4.69) is 35.2 Å². The quantitative estimate of drug-likeness (QED) is 0.665. The van der Waals surface area contributed by atoms with E-state index < -0.39 is 0 Å². The van der Waals surface area contributed by atoms with Gasteiger partial charge in [-0.2, -0.15) is 0 Å². The summed E-state index contributed by atoms with van der Waals surface area (Å²) in [5, 5.41) is 6.95. The second kappa shape index (κ2) is 8.27. The number of anilines is 1. The van der Waals surface area contributed by atoms with E-state index >= 15 is 0 Å². The van der Waals surface area contributed by atoms with Crippen LogP contribution >= 0.6 is 11.6 Å². The molecule has 0 bridgehead atoms. The predicted octanol–water partition coefficient (Wildman–Crippen LogP) is 4.32. The fourth-order valence-electron chi connectivity index (χ4n) is 2.93. The molecule has 1 aromatic heterocycles. The first kappa shape index (κ1) is 19.0. The molecule has 140 valence electrons. The van der Waals surface area contributed by atoms with Gasteiger partial charge in [-0.15, -0.1) is 0 Å². The predicted molar refractivity (Wildman–Crippen MR) is 109 cm³/mol. The molecule has 2 amide bonds. The number of fused-ring (bicyclic) bond motifs is 1. The maximum Gasteiger partial charge on any atom is 0.251 e. The smallest absolute Gasteiger partial charge is 0.251 e. The van der Waals surface area contributed by atoms with E-state index in [1.165, 1.54) is 0 Å². The van der Waals surface area contributed by atoms with Gasteiger partial charge in [-0.05, 0) is 48.4 Å². The highest BCUT2D eigenvalue weighted by atomic mass is 35.5. The summed E-state index contributed by atoms with van der Waals surface area (Å²) in [5.41, 5.74) is 2.26. The van der Waals surface area contributed by atoms with Gasteiger partial charge in [0.1, 0.15) is 0 Å². The molecule has 2 aromatic carbocycles. The minimum atomic E-state index is -0.339. The molecule has 0 atom stereocenters. The molecule has 6 heteroatoms. The van der Waals surface area contributed by atoms with E-state index in [0.29, 0.717) is 22.2 Å². The van der Waals surface area contributed by atoms with Gasteiger partial charge in [-0.1, -0.05) is 31.5 Å². The Bertz CT molecular complexity index is 978. The van der Waals surface area contributed by atoms with Crippen LogP contribution in [0.25, 0.3) is 10.9 Å². The highest BCUT2D eigenvalue weighted by Gasteiger charge is 2.10. The first-order chi connectivity index (χ1) is 12.9. The molecule has 0 unspecified atom stereocenters. The van der Waals surface area contributed by atoms with Crippen LogP contribution in [0.2, 0.25) is 5.02 Å². The van der Waals surface area contributed by atoms with Crippen LogP contribution in [0.3, 0.4) is 0 Å². The molecule has 0 aliphatic heterocycles. The van der Waals surface area contributed by atoms with Gasteiger partial charge in [-0.25, -0.2) is 0 Å². The number of nitrogens with zero attached hydrogens (tertiary/aromatic N) is 1. The van der Waals surface area contributed by atoms with Gasteiger partial charge in [0.15, 0.2) is 0 Å². The van der Waals surface area contributed by atoms with Crippen molar-refractivity contribution in [2.75, 3.05) is 11.9 Å². The maximum absolute atomic E-state index is 12.1. The Balaban J connectivity index is 1.60. The topological polar surface area (TPSA) is 63.1 Å². The number of rotatable bonds is 6. The lowest BCUT2D eigenvalue weighted by Gasteiger charge is -2.10. The third kappa shape index (κ3) is 4.89. The third-order valence-corrected chi connectivity index (χ3v) is 4.35. The van der Waals surface area contributed by atoms with Crippen molar-refractivity contribution in [2.24, 2.45) is 5.92 Å². The average Bonchev–Trinajstić information content (AvgIpc) is 3.01. The Morgan fingerprint density at radius 3 is 2.67 bits per heavy atom.